The van der Waals surface area contributed by atoms with Crippen LogP contribution in [0.25, 0.3) is 0 Å². The SMILES string of the molecule is Cc1ccc(C)c(OCCC(N)C#N)c1. The van der Waals surface area contributed by atoms with E-state index in [2.05, 4.69) is 0 Å². The lowest BCUT2D eigenvalue weighted by Crippen LogP contribution is -2.20. The molecule has 1 aromatic carbocycles. The van der Waals surface area contributed by atoms with Gasteiger partial charge in [0.2, 0.25) is 0 Å². The Labute approximate surface area is 90.5 Å². The Morgan fingerprint density at radius 3 is 2.87 bits per heavy atom. The van der Waals surface area contributed by atoms with Crippen LogP contribution in [0.3, 0.4) is 0 Å². The van der Waals surface area contributed by atoms with Crippen molar-refractivity contribution in [3.63, 3.8) is 0 Å². The van der Waals surface area contributed by atoms with Crippen molar-refractivity contribution in [2.75, 3.05) is 6.61 Å². The molecular weight excluding hydrogens is 188 g/mol. The molecule has 0 aliphatic rings. The molecule has 0 saturated heterocycles. The fourth-order valence-electron chi connectivity index (χ4n) is 1.22. The molecule has 0 bridgehead atoms. The van der Waals surface area contributed by atoms with Gasteiger partial charge in [0.15, 0.2) is 0 Å². The van der Waals surface area contributed by atoms with E-state index >= 15 is 0 Å². The van der Waals surface area contributed by atoms with Gasteiger partial charge in [0.25, 0.3) is 0 Å². The molecule has 0 spiro atoms. The van der Waals surface area contributed by atoms with E-state index in [1.54, 1.807) is 0 Å². The number of hydrogen-bond acceptors (Lipinski definition) is 3. The van der Waals surface area contributed by atoms with Gasteiger partial charge in [-0.05, 0) is 31.0 Å². The Bertz CT molecular complexity index is 368. The van der Waals surface area contributed by atoms with Crippen LogP contribution >= 0.6 is 0 Å². The molecule has 15 heavy (non-hydrogen) atoms. The van der Waals surface area contributed by atoms with Gasteiger partial charge in [0.1, 0.15) is 5.75 Å². The highest BCUT2D eigenvalue weighted by atomic mass is 16.5. The van der Waals surface area contributed by atoms with Gasteiger partial charge in [0.05, 0.1) is 18.7 Å². The topological polar surface area (TPSA) is 59.0 Å². The van der Waals surface area contributed by atoms with Gasteiger partial charge < -0.3 is 10.5 Å². The summed E-state index contributed by atoms with van der Waals surface area (Å²) in [4.78, 5) is 0. The Kier molecular flexibility index (Phi) is 4.14. The summed E-state index contributed by atoms with van der Waals surface area (Å²) >= 11 is 0. The number of aryl methyl sites for hydroxylation is 2. The highest BCUT2D eigenvalue weighted by Gasteiger charge is 2.02. The molecule has 80 valence electrons. The fraction of sp³-hybridized carbons (Fsp3) is 0.417. The molecular formula is C12H16N2O. The van der Waals surface area contributed by atoms with Crippen LogP contribution in [-0.2, 0) is 0 Å². The van der Waals surface area contributed by atoms with Crippen LogP contribution in [0, 0.1) is 25.2 Å². The van der Waals surface area contributed by atoms with Gasteiger partial charge in [0, 0.05) is 6.42 Å². The maximum absolute atomic E-state index is 8.50. The molecule has 0 radical (unpaired) electrons. The van der Waals surface area contributed by atoms with Crippen LogP contribution in [0.1, 0.15) is 17.5 Å². The van der Waals surface area contributed by atoms with Gasteiger partial charge in [-0.15, -0.1) is 0 Å². The molecule has 0 fully saturated rings. The molecule has 0 aliphatic heterocycles. The molecule has 3 heteroatoms. The lowest BCUT2D eigenvalue weighted by molar-refractivity contribution is 0.304. The van der Waals surface area contributed by atoms with Crippen molar-refractivity contribution >= 4 is 0 Å². The number of nitrogens with zero attached hydrogens (tertiary/aromatic N) is 1. The predicted molar refractivity (Wildman–Crippen MR) is 59.6 cm³/mol. The number of nitriles is 1. The van der Waals surface area contributed by atoms with Crippen molar-refractivity contribution in [2.24, 2.45) is 5.73 Å². The van der Waals surface area contributed by atoms with E-state index in [-0.39, 0.29) is 0 Å². The van der Waals surface area contributed by atoms with Crippen molar-refractivity contribution < 1.29 is 4.74 Å². The third-order valence-electron chi connectivity index (χ3n) is 2.20. The molecule has 0 heterocycles. The van der Waals surface area contributed by atoms with Crippen LogP contribution in [-0.4, -0.2) is 12.6 Å². The first-order valence-corrected chi connectivity index (χ1v) is 4.98. The Balaban J connectivity index is 2.51. The zero-order valence-electron chi connectivity index (χ0n) is 9.16. The second-order valence-corrected chi connectivity index (χ2v) is 3.64. The number of hydrogen-bond donors (Lipinski definition) is 1. The number of ether oxygens (including phenoxy) is 1. The highest BCUT2D eigenvalue weighted by Crippen LogP contribution is 2.19. The monoisotopic (exact) mass is 204 g/mol. The smallest absolute Gasteiger partial charge is 0.122 e. The average Bonchev–Trinajstić information content (AvgIpc) is 2.23. The van der Waals surface area contributed by atoms with E-state index in [1.165, 1.54) is 5.56 Å². The van der Waals surface area contributed by atoms with Crippen molar-refractivity contribution in [3.8, 4) is 11.8 Å². The summed E-state index contributed by atoms with van der Waals surface area (Å²) in [6.45, 7) is 4.51. The molecule has 1 atom stereocenters. The number of benzene rings is 1. The fourth-order valence-corrected chi connectivity index (χ4v) is 1.22. The summed E-state index contributed by atoms with van der Waals surface area (Å²) in [6, 6.07) is 7.60. The minimum absolute atomic E-state index is 0.435. The summed E-state index contributed by atoms with van der Waals surface area (Å²) in [5.41, 5.74) is 7.73. The van der Waals surface area contributed by atoms with Gasteiger partial charge in [-0.3, -0.25) is 0 Å². The summed E-state index contributed by atoms with van der Waals surface area (Å²) in [7, 11) is 0. The number of nitrogens with two attached hydrogens (primary N) is 1. The minimum atomic E-state index is -0.435. The van der Waals surface area contributed by atoms with Crippen LogP contribution in [0.15, 0.2) is 18.2 Å². The molecule has 2 N–H and O–H groups in total. The molecule has 1 rings (SSSR count). The highest BCUT2D eigenvalue weighted by molar-refractivity contribution is 5.35. The van der Waals surface area contributed by atoms with Gasteiger partial charge >= 0.3 is 0 Å². The van der Waals surface area contributed by atoms with Crippen LogP contribution in [0.5, 0.6) is 5.75 Å². The van der Waals surface area contributed by atoms with Crippen molar-refractivity contribution in [1.29, 1.82) is 5.26 Å². The minimum Gasteiger partial charge on any atom is -0.493 e. The van der Waals surface area contributed by atoms with Crippen LogP contribution < -0.4 is 10.5 Å². The van der Waals surface area contributed by atoms with E-state index in [0.717, 1.165) is 11.3 Å². The maximum atomic E-state index is 8.50. The second kappa shape index (κ2) is 5.38. The molecule has 3 nitrogen and oxygen atoms in total. The lowest BCUT2D eigenvalue weighted by Gasteiger charge is -2.10. The van der Waals surface area contributed by atoms with Crippen LogP contribution in [0.2, 0.25) is 0 Å². The zero-order chi connectivity index (χ0) is 11.3. The Morgan fingerprint density at radius 1 is 1.47 bits per heavy atom. The molecule has 0 saturated carbocycles. The van der Waals surface area contributed by atoms with Crippen LogP contribution in [0.4, 0.5) is 0 Å². The first-order chi connectivity index (χ1) is 7.13. The lowest BCUT2D eigenvalue weighted by atomic mass is 10.1. The first kappa shape index (κ1) is 11.5. The molecule has 1 unspecified atom stereocenters. The van der Waals surface area contributed by atoms with E-state index in [9.17, 15) is 0 Å². The maximum Gasteiger partial charge on any atom is 0.122 e. The van der Waals surface area contributed by atoms with Gasteiger partial charge in [-0.2, -0.15) is 5.26 Å². The third kappa shape index (κ3) is 3.61. The standard InChI is InChI=1S/C12H16N2O/c1-9-3-4-10(2)12(7-9)15-6-5-11(14)8-13/h3-4,7,11H,5-6,14H2,1-2H3. The van der Waals surface area contributed by atoms with E-state index in [4.69, 9.17) is 15.7 Å². The quantitative estimate of drug-likeness (QED) is 0.815. The zero-order valence-corrected chi connectivity index (χ0v) is 9.16. The summed E-state index contributed by atoms with van der Waals surface area (Å²) < 4.78 is 5.56. The molecule has 0 amide bonds. The largest absolute Gasteiger partial charge is 0.493 e. The van der Waals surface area contributed by atoms with Gasteiger partial charge in [-0.1, -0.05) is 12.1 Å². The van der Waals surface area contributed by atoms with Crippen molar-refractivity contribution in [2.45, 2.75) is 26.3 Å². The van der Waals surface area contributed by atoms with Crippen molar-refractivity contribution in [1.82, 2.24) is 0 Å². The predicted octanol–water partition coefficient (Wildman–Crippen LogP) is 1.92. The van der Waals surface area contributed by atoms with E-state index in [1.807, 2.05) is 38.1 Å². The second-order valence-electron chi connectivity index (χ2n) is 3.64. The summed E-state index contributed by atoms with van der Waals surface area (Å²) in [5.74, 6) is 0.875. The van der Waals surface area contributed by atoms with E-state index < -0.39 is 6.04 Å². The first-order valence-electron chi connectivity index (χ1n) is 4.98. The third-order valence-corrected chi connectivity index (χ3v) is 2.20. The summed E-state index contributed by atoms with van der Waals surface area (Å²) in [5, 5.41) is 8.50. The Morgan fingerprint density at radius 2 is 2.20 bits per heavy atom. The van der Waals surface area contributed by atoms with E-state index in [0.29, 0.717) is 13.0 Å². The Hall–Kier alpha value is -1.53. The summed E-state index contributed by atoms with van der Waals surface area (Å²) in [6.07, 6.45) is 0.559. The normalized spacial score (nSPS) is 11.9. The molecule has 0 aromatic heterocycles. The molecule has 0 aliphatic carbocycles. The van der Waals surface area contributed by atoms with Gasteiger partial charge in [-0.25, -0.2) is 0 Å². The van der Waals surface area contributed by atoms with Crippen molar-refractivity contribution in [3.05, 3.63) is 29.3 Å². The molecule has 1 aromatic rings. The average molecular weight is 204 g/mol. The number of rotatable bonds is 4.